The zero-order chi connectivity index (χ0) is 13.7. The lowest BCUT2D eigenvalue weighted by molar-refractivity contribution is 0.0905. The van der Waals surface area contributed by atoms with Gasteiger partial charge in [-0.25, -0.2) is 0 Å². The number of aliphatic hydroxyl groups is 1. The van der Waals surface area contributed by atoms with Gasteiger partial charge in [0.2, 0.25) is 0 Å². The molecule has 1 aromatic carbocycles. The van der Waals surface area contributed by atoms with Crippen LogP contribution in [0, 0.1) is 5.92 Å². The Morgan fingerprint density at radius 3 is 2.67 bits per heavy atom. The molecule has 0 radical (unpaired) electrons. The second kappa shape index (κ2) is 6.61. The van der Waals surface area contributed by atoms with Gasteiger partial charge in [-0.2, -0.15) is 0 Å². The van der Waals surface area contributed by atoms with Gasteiger partial charge in [0.05, 0.1) is 18.2 Å². The van der Waals surface area contributed by atoms with Crippen LogP contribution in [-0.2, 0) is 0 Å². The lowest BCUT2D eigenvalue weighted by Gasteiger charge is -2.18. The first kappa shape index (κ1) is 14.8. The highest BCUT2D eigenvalue weighted by Crippen LogP contribution is 2.21. The minimum absolute atomic E-state index is 0.115. The van der Waals surface area contributed by atoms with Gasteiger partial charge >= 0.3 is 0 Å². The van der Waals surface area contributed by atoms with Crippen molar-refractivity contribution in [1.29, 1.82) is 0 Å². The third-order valence-electron chi connectivity index (χ3n) is 2.51. The smallest absolute Gasteiger partial charge is 0.255 e. The largest absolute Gasteiger partial charge is 0.507 e. The normalized spacial score (nSPS) is 12.5. The summed E-state index contributed by atoms with van der Waals surface area (Å²) in [6.07, 6.45) is 0.670. The van der Waals surface area contributed by atoms with Gasteiger partial charge in [0.25, 0.3) is 5.91 Å². The number of phenolic OH excluding ortho intramolecular Hbond substituents is 1. The topological polar surface area (TPSA) is 69.6 Å². The van der Waals surface area contributed by atoms with Gasteiger partial charge in [0, 0.05) is 5.02 Å². The minimum atomic E-state index is -0.435. The summed E-state index contributed by atoms with van der Waals surface area (Å²) in [4.78, 5) is 11.9. The molecule has 0 aliphatic rings. The lowest BCUT2D eigenvalue weighted by Crippen LogP contribution is -2.38. The molecule has 0 aliphatic carbocycles. The van der Waals surface area contributed by atoms with Crippen molar-refractivity contribution >= 4 is 17.5 Å². The quantitative estimate of drug-likeness (QED) is 0.769. The summed E-state index contributed by atoms with van der Waals surface area (Å²) in [6, 6.07) is 3.95. The molecular weight excluding hydrogens is 254 g/mol. The van der Waals surface area contributed by atoms with Crippen LogP contribution in [0.5, 0.6) is 5.75 Å². The number of phenols is 1. The van der Waals surface area contributed by atoms with Gasteiger partial charge in [-0.3, -0.25) is 4.79 Å². The first-order valence-electron chi connectivity index (χ1n) is 5.84. The average Bonchev–Trinajstić information content (AvgIpc) is 2.30. The van der Waals surface area contributed by atoms with Crippen LogP contribution in [0.1, 0.15) is 30.6 Å². The molecule has 5 heteroatoms. The number of amides is 1. The Kier molecular flexibility index (Phi) is 5.44. The SMILES string of the molecule is CC(C)CC(CO)NC(=O)c1cc(Cl)ccc1O. The van der Waals surface area contributed by atoms with E-state index in [2.05, 4.69) is 5.32 Å². The monoisotopic (exact) mass is 271 g/mol. The maximum Gasteiger partial charge on any atom is 0.255 e. The molecule has 0 fully saturated rings. The number of hydrogen-bond acceptors (Lipinski definition) is 3. The van der Waals surface area contributed by atoms with Crippen LogP contribution in [0.4, 0.5) is 0 Å². The van der Waals surface area contributed by atoms with E-state index in [1.165, 1.54) is 18.2 Å². The Labute approximate surface area is 112 Å². The summed E-state index contributed by atoms with van der Waals surface area (Å²) in [5, 5.41) is 21.8. The van der Waals surface area contributed by atoms with Gasteiger partial charge in [0.15, 0.2) is 0 Å². The van der Waals surface area contributed by atoms with E-state index in [-0.39, 0.29) is 24.0 Å². The minimum Gasteiger partial charge on any atom is -0.507 e. The molecule has 0 heterocycles. The van der Waals surface area contributed by atoms with Crippen molar-refractivity contribution in [3.05, 3.63) is 28.8 Å². The van der Waals surface area contributed by atoms with Crippen molar-refractivity contribution in [2.75, 3.05) is 6.61 Å². The van der Waals surface area contributed by atoms with E-state index in [0.29, 0.717) is 17.4 Å². The van der Waals surface area contributed by atoms with Crippen LogP contribution in [0.2, 0.25) is 5.02 Å². The van der Waals surface area contributed by atoms with Crippen molar-refractivity contribution in [3.8, 4) is 5.75 Å². The van der Waals surface area contributed by atoms with Crippen LogP contribution < -0.4 is 5.32 Å². The van der Waals surface area contributed by atoms with Crippen molar-refractivity contribution in [2.24, 2.45) is 5.92 Å². The van der Waals surface area contributed by atoms with Crippen LogP contribution in [0.3, 0.4) is 0 Å². The summed E-state index contributed by atoms with van der Waals surface area (Å²) >= 11 is 5.78. The Balaban J connectivity index is 2.77. The molecule has 1 amide bonds. The highest BCUT2D eigenvalue weighted by molar-refractivity contribution is 6.31. The van der Waals surface area contributed by atoms with Gasteiger partial charge in [0.1, 0.15) is 5.75 Å². The molecule has 1 atom stereocenters. The Morgan fingerprint density at radius 2 is 2.11 bits per heavy atom. The molecule has 0 saturated heterocycles. The fraction of sp³-hybridized carbons (Fsp3) is 0.462. The Hall–Kier alpha value is -1.26. The van der Waals surface area contributed by atoms with Gasteiger partial charge < -0.3 is 15.5 Å². The summed E-state index contributed by atoms with van der Waals surface area (Å²) in [5.41, 5.74) is 0.115. The van der Waals surface area contributed by atoms with Crippen LogP contribution in [0.25, 0.3) is 0 Å². The molecule has 1 rings (SSSR count). The maximum absolute atomic E-state index is 11.9. The Morgan fingerprint density at radius 1 is 1.44 bits per heavy atom. The fourth-order valence-corrected chi connectivity index (χ4v) is 1.87. The summed E-state index contributed by atoms with van der Waals surface area (Å²) in [5.74, 6) is -0.205. The van der Waals surface area contributed by atoms with Crippen LogP contribution in [-0.4, -0.2) is 28.8 Å². The van der Waals surface area contributed by atoms with E-state index in [9.17, 15) is 15.0 Å². The van der Waals surface area contributed by atoms with E-state index in [0.717, 1.165) is 0 Å². The van der Waals surface area contributed by atoms with E-state index < -0.39 is 5.91 Å². The molecule has 1 unspecified atom stereocenters. The van der Waals surface area contributed by atoms with Crippen LogP contribution >= 0.6 is 11.6 Å². The third kappa shape index (κ3) is 4.20. The summed E-state index contributed by atoms with van der Waals surface area (Å²) in [7, 11) is 0. The number of carbonyl (C=O) groups is 1. The molecule has 0 bridgehead atoms. The molecule has 0 spiro atoms. The molecular formula is C13H18ClNO3. The zero-order valence-corrected chi connectivity index (χ0v) is 11.2. The van der Waals surface area contributed by atoms with Gasteiger partial charge in [-0.15, -0.1) is 0 Å². The predicted octanol–water partition coefficient (Wildman–Crippen LogP) is 2.18. The second-order valence-corrected chi connectivity index (χ2v) is 5.08. The zero-order valence-electron chi connectivity index (χ0n) is 10.5. The number of aromatic hydroxyl groups is 1. The fourth-order valence-electron chi connectivity index (χ4n) is 1.70. The first-order valence-corrected chi connectivity index (χ1v) is 6.22. The summed E-state index contributed by atoms with van der Waals surface area (Å²) in [6.45, 7) is 3.88. The number of halogens is 1. The van der Waals surface area contributed by atoms with E-state index in [4.69, 9.17) is 11.6 Å². The van der Waals surface area contributed by atoms with E-state index in [1.807, 2.05) is 13.8 Å². The van der Waals surface area contributed by atoms with Gasteiger partial charge in [-0.05, 0) is 30.5 Å². The number of rotatable bonds is 5. The highest BCUT2D eigenvalue weighted by atomic mass is 35.5. The molecule has 0 aromatic heterocycles. The molecule has 100 valence electrons. The number of benzene rings is 1. The molecule has 0 aliphatic heterocycles. The van der Waals surface area contributed by atoms with Crippen LogP contribution in [0.15, 0.2) is 18.2 Å². The standard InChI is InChI=1S/C13H18ClNO3/c1-8(2)5-10(7-16)15-13(18)11-6-9(14)3-4-12(11)17/h3-4,6,8,10,16-17H,5,7H2,1-2H3,(H,15,18). The van der Waals surface area contributed by atoms with Crippen molar-refractivity contribution in [2.45, 2.75) is 26.3 Å². The van der Waals surface area contributed by atoms with Crippen molar-refractivity contribution < 1.29 is 15.0 Å². The second-order valence-electron chi connectivity index (χ2n) is 4.64. The Bertz CT molecular complexity index is 421. The highest BCUT2D eigenvalue weighted by Gasteiger charge is 2.17. The summed E-state index contributed by atoms with van der Waals surface area (Å²) < 4.78 is 0. The lowest BCUT2D eigenvalue weighted by atomic mass is 10.0. The third-order valence-corrected chi connectivity index (χ3v) is 2.75. The predicted molar refractivity (Wildman–Crippen MR) is 70.9 cm³/mol. The molecule has 3 N–H and O–H groups in total. The van der Waals surface area contributed by atoms with E-state index >= 15 is 0 Å². The average molecular weight is 272 g/mol. The number of carbonyl (C=O) groups excluding carboxylic acids is 1. The van der Waals surface area contributed by atoms with Crippen molar-refractivity contribution in [1.82, 2.24) is 5.32 Å². The van der Waals surface area contributed by atoms with Crippen molar-refractivity contribution in [3.63, 3.8) is 0 Å². The number of nitrogens with one attached hydrogen (secondary N) is 1. The molecule has 0 saturated carbocycles. The maximum atomic E-state index is 11.9. The number of aliphatic hydroxyl groups excluding tert-OH is 1. The molecule has 1 aromatic rings. The first-order chi connectivity index (χ1) is 8.43. The van der Waals surface area contributed by atoms with E-state index in [1.54, 1.807) is 0 Å². The molecule has 18 heavy (non-hydrogen) atoms. The number of hydrogen-bond donors (Lipinski definition) is 3. The van der Waals surface area contributed by atoms with Gasteiger partial charge in [-0.1, -0.05) is 25.4 Å². The molecule has 4 nitrogen and oxygen atoms in total.